The van der Waals surface area contributed by atoms with E-state index >= 15 is 0 Å². The van der Waals surface area contributed by atoms with Gasteiger partial charge in [-0.3, -0.25) is 4.79 Å². The minimum atomic E-state index is 0.0494. The maximum Gasteiger partial charge on any atom is 0.253 e. The van der Waals surface area contributed by atoms with E-state index in [0.717, 1.165) is 25.5 Å². The molecule has 2 bridgehead atoms. The summed E-state index contributed by atoms with van der Waals surface area (Å²) < 4.78 is 1.88. The van der Waals surface area contributed by atoms with Gasteiger partial charge in [0, 0.05) is 6.04 Å². The lowest BCUT2D eigenvalue weighted by Crippen LogP contribution is -2.46. The first-order valence-corrected chi connectivity index (χ1v) is 9.41. The largest absolute Gasteiger partial charge is 0.349 e. The molecule has 3 atom stereocenters. The monoisotopic (exact) mass is 419 g/mol. The van der Waals surface area contributed by atoms with Crippen molar-refractivity contribution in [3.05, 3.63) is 19.2 Å². The average Bonchev–Trinajstić information content (AvgIpc) is 2.86. The fraction of sp³-hybridized carbons (Fsp3) is 0.667. The van der Waals surface area contributed by atoms with E-state index in [4.69, 9.17) is 0 Å². The molecule has 5 heteroatoms. The number of rotatable bonds is 2. The normalized spacial score (nSPS) is 34.5. The van der Waals surface area contributed by atoms with E-state index in [2.05, 4.69) is 57.9 Å². The van der Waals surface area contributed by atoms with Gasteiger partial charge in [-0.25, -0.2) is 0 Å². The van der Waals surface area contributed by atoms with Gasteiger partial charge in [0.15, 0.2) is 0 Å². The fourth-order valence-corrected chi connectivity index (χ4v) is 6.95. The smallest absolute Gasteiger partial charge is 0.253 e. The molecule has 1 aromatic heterocycles. The Morgan fingerprint density at radius 2 is 2.10 bits per heavy atom. The number of carbonyl (C=O) groups excluding carboxylic acids is 1. The van der Waals surface area contributed by atoms with Crippen molar-refractivity contribution in [1.29, 1.82) is 0 Å². The summed E-state index contributed by atoms with van der Waals surface area (Å²) in [6.07, 6.45) is 3.66. The summed E-state index contributed by atoms with van der Waals surface area (Å²) in [5.74, 6) is 0.795. The molecule has 0 spiro atoms. The van der Waals surface area contributed by atoms with Gasteiger partial charge in [-0.05, 0) is 73.9 Å². The Morgan fingerprint density at radius 1 is 1.40 bits per heavy atom. The fourth-order valence-electron chi connectivity index (χ4n) is 4.15. The summed E-state index contributed by atoms with van der Waals surface area (Å²) in [6, 6.07) is 2.19. The molecule has 0 radical (unpaired) electrons. The van der Waals surface area contributed by atoms with Crippen LogP contribution in [-0.2, 0) is 0 Å². The van der Waals surface area contributed by atoms with Crippen molar-refractivity contribution in [1.82, 2.24) is 5.32 Å². The zero-order valence-corrected chi connectivity index (χ0v) is 15.9. The minimum absolute atomic E-state index is 0.0494. The molecule has 0 aromatic carbocycles. The van der Waals surface area contributed by atoms with Crippen molar-refractivity contribution >= 4 is 49.1 Å². The van der Waals surface area contributed by atoms with Gasteiger partial charge in [-0.2, -0.15) is 0 Å². The van der Waals surface area contributed by atoms with Crippen molar-refractivity contribution in [2.75, 3.05) is 0 Å². The molecule has 0 aliphatic heterocycles. The topological polar surface area (TPSA) is 29.1 Å². The van der Waals surface area contributed by atoms with Crippen molar-refractivity contribution < 1.29 is 4.79 Å². The second-order valence-corrected chi connectivity index (χ2v) is 10.6. The first-order chi connectivity index (χ1) is 9.25. The molecule has 1 aromatic rings. The molecule has 2 saturated carbocycles. The number of nitrogens with one attached hydrogen (secondary N) is 1. The van der Waals surface area contributed by atoms with Crippen LogP contribution in [0.1, 0.15) is 50.4 Å². The van der Waals surface area contributed by atoms with Gasteiger partial charge in [-0.15, -0.1) is 11.3 Å². The SMILES string of the molecule is CC1(C)C2CCC1(C)C(NC(=O)c1cc(Br)sc1Br)C2. The molecule has 3 unspecified atom stereocenters. The highest BCUT2D eigenvalue weighted by atomic mass is 79.9. The molecule has 2 fully saturated rings. The highest BCUT2D eigenvalue weighted by molar-refractivity contribution is 9.12. The number of amides is 1. The molecular weight excluding hydrogens is 402 g/mol. The van der Waals surface area contributed by atoms with Gasteiger partial charge >= 0.3 is 0 Å². The molecule has 2 aliphatic carbocycles. The standard InChI is InChI=1S/C15H19Br2NOS/c1-14(2)8-4-5-15(14,3)10(6-8)18-13(19)9-7-11(16)20-12(9)17/h7-8,10H,4-6H2,1-3H3,(H,18,19). The number of hydrogen-bond acceptors (Lipinski definition) is 2. The molecule has 1 N–H and O–H groups in total. The van der Waals surface area contributed by atoms with E-state index < -0.39 is 0 Å². The highest BCUT2D eigenvalue weighted by Gasteiger charge is 2.61. The Balaban J connectivity index is 1.80. The van der Waals surface area contributed by atoms with E-state index in [1.54, 1.807) is 11.3 Å². The zero-order valence-electron chi connectivity index (χ0n) is 11.9. The number of halogens is 2. The van der Waals surface area contributed by atoms with Crippen molar-refractivity contribution in [3.63, 3.8) is 0 Å². The second-order valence-electron chi connectivity index (χ2n) is 6.87. The van der Waals surface area contributed by atoms with Crippen LogP contribution in [0.2, 0.25) is 0 Å². The van der Waals surface area contributed by atoms with Gasteiger partial charge < -0.3 is 5.32 Å². The van der Waals surface area contributed by atoms with E-state index in [1.807, 2.05) is 6.07 Å². The summed E-state index contributed by atoms with van der Waals surface area (Å²) in [6.45, 7) is 7.09. The van der Waals surface area contributed by atoms with Crippen LogP contribution in [0.4, 0.5) is 0 Å². The predicted octanol–water partition coefficient (Wildman–Crippen LogP) is 5.22. The van der Waals surface area contributed by atoms with E-state index in [-0.39, 0.29) is 11.3 Å². The molecule has 2 aliphatic rings. The van der Waals surface area contributed by atoms with Gasteiger partial charge in [-0.1, -0.05) is 20.8 Å². The van der Waals surface area contributed by atoms with Crippen LogP contribution >= 0.6 is 43.2 Å². The van der Waals surface area contributed by atoms with Crippen molar-refractivity contribution in [3.8, 4) is 0 Å². The molecule has 110 valence electrons. The first kappa shape index (κ1) is 15.0. The van der Waals surface area contributed by atoms with Crippen LogP contribution in [0.5, 0.6) is 0 Å². The summed E-state index contributed by atoms with van der Waals surface area (Å²) in [7, 11) is 0. The molecular formula is C15H19Br2NOS. The van der Waals surface area contributed by atoms with Gasteiger partial charge in [0.25, 0.3) is 5.91 Å². The molecule has 1 heterocycles. The van der Waals surface area contributed by atoms with Crippen LogP contribution in [0, 0.1) is 16.7 Å². The Morgan fingerprint density at radius 3 is 2.55 bits per heavy atom. The van der Waals surface area contributed by atoms with Gasteiger partial charge in [0.05, 0.1) is 13.1 Å². The van der Waals surface area contributed by atoms with Gasteiger partial charge in [0.2, 0.25) is 0 Å². The number of carbonyl (C=O) groups is 1. The summed E-state index contributed by atoms with van der Waals surface area (Å²) in [5.41, 5.74) is 1.30. The Labute approximate surface area is 141 Å². The van der Waals surface area contributed by atoms with Crippen LogP contribution in [0.3, 0.4) is 0 Å². The molecule has 20 heavy (non-hydrogen) atoms. The molecule has 2 nitrogen and oxygen atoms in total. The maximum absolute atomic E-state index is 12.5. The van der Waals surface area contributed by atoms with Crippen LogP contribution in [0.15, 0.2) is 13.6 Å². The maximum atomic E-state index is 12.5. The Bertz CT molecular complexity index is 568. The molecule has 3 rings (SSSR count). The van der Waals surface area contributed by atoms with Gasteiger partial charge in [0.1, 0.15) is 0 Å². The molecule has 0 saturated heterocycles. The second kappa shape index (κ2) is 4.82. The third-order valence-electron chi connectivity index (χ3n) is 6.00. The zero-order chi connectivity index (χ0) is 14.7. The third-order valence-corrected chi connectivity index (χ3v) is 8.34. The highest BCUT2D eigenvalue weighted by Crippen LogP contribution is 2.65. The summed E-state index contributed by atoms with van der Waals surface area (Å²) in [5, 5.41) is 3.29. The quantitative estimate of drug-likeness (QED) is 0.698. The predicted molar refractivity (Wildman–Crippen MR) is 90.2 cm³/mol. The summed E-state index contributed by atoms with van der Waals surface area (Å²) in [4.78, 5) is 12.5. The Kier molecular flexibility index (Phi) is 3.62. The van der Waals surface area contributed by atoms with Crippen LogP contribution in [0.25, 0.3) is 0 Å². The number of fused-ring (bicyclic) bond motifs is 2. The number of hydrogen-bond donors (Lipinski definition) is 1. The van der Waals surface area contributed by atoms with Crippen molar-refractivity contribution in [2.24, 2.45) is 16.7 Å². The van der Waals surface area contributed by atoms with Crippen molar-refractivity contribution in [2.45, 2.75) is 46.1 Å². The Hall–Kier alpha value is 0.130. The third kappa shape index (κ3) is 2.03. The molecule has 1 amide bonds. The lowest BCUT2D eigenvalue weighted by Gasteiger charge is -2.39. The van der Waals surface area contributed by atoms with E-state index in [1.165, 1.54) is 12.8 Å². The van der Waals surface area contributed by atoms with E-state index in [9.17, 15) is 4.79 Å². The average molecular weight is 421 g/mol. The van der Waals surface area contributed by atoms with E-state index in [0.29, 0.717) is 11.5 Å². The van der Waals surface area contributed by atoms with Crippen LogP contribution in [-0.4, -0.2) is 11.9 Å². The first-order valence-electron chi connectivity index (χ1n) is 7.01. The minimum Gasteiger partial charge on any atom is -0.349 e. The summed E-state index contributed by atoms with van der Waals surface area (Å²) >= 11 is 8.45. The lowest BCUT2D eigenvalue weighted by atomic mass is 9.69. The number of thiophene rings is 1. The lowest BCUT2D eigenvalue weighted by molar-refractivity contribution is 0.0826. The van der Waals surface area contributed by atoms with Crippen LogP contribution < -0.4 is 5.32 Å².